The number of nitrogens with one attached hydrogen (secondary N) is 1. The Hall–Kier alpha value is -3.17. The van der Waals surface area contributed by atoms with E-state index >= 15 is 0 Å². The van der Waals surface area contributed by atoms with Crippen LogP contribution in [0.2, 0.25) is 0 Å². The summed E-state index contributed by atoms with van der Waals surface area (Å²) in [6, 6.07) is 1.68. The molecule has 3 N–H and O–H groups in total. The summed E-state index contributed by atoms with van der Waals surface area (Å²) in [6.45, 7) is 7.68. The van der Waals surface area contributed by atoms with Crippen LogP contribution < -0.4 is 10.5 Å². The van der Waals surface area contributed by atoms with Crippen molar-refractivity contribution < 1.29 is 27.5 Å². The Morgan fingerprint density at radius 1 is 1.38 bits per heavy atom. The zero-order valence-electron chi connectivity index (χ0n) is 19.5. The lowest BCUT2D eigenvalue weighted by Gasteiger charge is -2.39. The first-order valence-electron chi connectivity index (χ1n) is 11.3. The average Bonchev–Trinajstić information content (AvgIpc) is 2.78. The SMILES string of the molecule is C=CC(=O)C(CC)CCC1C(C(=N)CCC)=C(N)CCN1C(=O)c1ccc(OC(F)(F)F)nc1. The van der Waals surface area contributed by atoms with E-state index in [1.165, 1.54) is 12.1 Å². The molecule has 2 heterocycles. The number of aromatic nitrogens is 1. The molecular formula is C24H31F3N4O3. The molecule has 10 heteroatoms. The van der Waals surface area contributed by atoms with E-state index in [2.05, 4.69) is 16.3 Å². The highest BCUT2D eigenvalue weighted by Gasteiger charge is 2.35. The number of nitrogens with zero attached hydrogens (tertiary/aromatic N) is 2. The van der Waals surface area contributed by atoms with Gasteiger partial charge in [-0.05, 0) is 37.8 Å². The number of nitrogens with two attached hydrogens (primary N) is 1. The van der Waals surface area contributed by atoms with Gasteiger partial charge in [-0.2, -0.15) is 0 Å². The summed E-state index contributed by atoms with van der Waals surface area (Å²) in [5, 5.41) is 8.55. The van der Waals surface area contributed by atoms with Gasteiger partial charge in [0.05, 0.1) is 11.6 Å². The van der Waals surface area contributed by atoms with Crippen LogP contribution in [0.1, 0.15) is 62.7 Å². The monoisotopic (exact) mass is 480 g/mol. The van der Waals surface area contributed by atoms with Crippen molar-refractivity contribution in [2.24, 2.45) is 11.7 Å². The lowest BCUT2D eigenvalue weighted by molar-refractivity contribution is -0.276. The molecule has 1 aliphatic rings. The summed E-state index contributed by atoms with van der Waals surface area (Å²) in [7, 11) is 0. The third kappa shape index (κ3) is 6.91. The van der Waals surface area contributed by atoms with Gasteiger partial charge in [-0.15, -0.1) is 13.2 Å². The normalized spacial score (nSPS) is 17.3. The Kier molecular flexibility index (Phi) is 9.40. The number of carbonyl (C=O) groups is 2. The van der Waals surface area contributed by atoms with Crippen LogP contribution in [0.25, 0.3) is 0 Å². The minimum atomic E-state index is -4.88. The second kappa shape index (κ2) is 11.8. The molecule has 0 saturated carbocycles. The van der Waals surface area contributed by atoms with Gasteiger partial charge in [-0.3, -0.25) is 9.59 Å². The predicted molar refractivity (Wildman–Crippen MR) is 122 cm³/mol. The number of amides is 1. The lowest BCUT2D eigenvalue weighted by atomic mass is 9.84. The van der Waals surface area contributed by atoms with Crippen molar-refractivity contribution in [3.8, 4) is 5.88 Å². The molecule has 2 unspecified atom stereocenters. The number of ether oxygens (including phenoxy) is 1. The second-order valence-corrected chi connectivity index (χ2v) is 8.15. The van der Waals surface area contributed by atoms with Gasteiger partial charge in [0.2, 0.25) is 5.88 Å². The van der Waals surface area contributed by atoms with Crippen LogP contribution in [0, 0.1) is 11.3 Å². The van der Waals surface area contributed by atoms with Crippen molar-refractivity contribution in [3.05, 3.63) is 47.8 Å². The van der Waals surface area contributed by atoms with Gasteiger partial charge in [0.1, 0.15) is 0 Å². The molecule has 0 saturated heterocycles. The highest BCUT2D eigenvalue weighted by atomic mass is 19.4. The summed E-state index contributed by atoms with van der Waals surface area (Å²) in [5.41, 5.74) is 7.86. The molecule has 0 aromatic carbocycles. The van der Waals surface area contributed by atoms with E-state index in [0.29, 0.717) is 49.1 Å². The van der Waals surface area contributed by atoms with E-state index in [0.717, 1.165) is 18.7 Å². The van der Waals surface area contributed by atoms with Crippen molar-refractivity contribution in [2.45, 2.75) is 64.8 Å². The zero-order valence-corrected chi connectivity index (χ0v) is 19.5. The summed E-state index contributed by atoms with van der Waals surface area (Å²) in [5.74, 6) is -1.45. The third-order valence-corrected chi connectivity index (χ3v) is 5.85. The quantitative estimate of drug-likeness (QED) is 0.350. The number of rotatable bonds is 11. The maximum absolute atomic E-state index is 13.3. The predicted octanol–water partition coefficient (Wildman–Crippen LogP) is 4.79. The molecule has 2 atom stereocenters. The summed E-state index contributed by atoms with van der Waals surface area (Å²) < 4.78 is 41.0. The van der Waals surface area contributed by atoms with Crippen LogP contribution in [0.15, 0.2) is 42.3 Å². The Bertz CT molecular complexity index is 942. The zero-order chi connectivity index (χ0) is 25.5. The molecular weight excluding hydrogens is 449 g/mol. The van der Waals surface area contributed by atoms with Gasteiger partial charge in [0.25, 0.3) is 5.91 Å². The van der Waals surface area contributed by atoms with E-state index in [9.17, 15) is 22.8 Å². The maximum Gasteiger partial charge on any atom is 0.574 e. The summed E-state index contributed by atoms with van der Waals surface area (Å²) in [6.07, 6.45) is 0.527. The minimum Gasteiger partial charge on any atom is -0.402 e. The van der Waals surface area contributed by atoms with Crippen molar-refractivity contribution in [3.63, 3.8) is 0 Å². The Balaban J connectivity index is 2.35. The Morgan fingerprint density at radius 2 is 2.09 bits per heavy atom. The van der Waals surface area contributed by atoms with E-state index in [1.54, 1.807) is 4.90 Å². The average molecular weight is 481 g/mol. The van der Waals surface area contributed by atoms with E-state index < -0.39 is 24.2 Å². The molecule has 0 radical (unpaired) electrons. The highest BCUT2D eigenvalue weighted by Crippen LogP contribution is 2.31. The third-order valence-electron chi connectivity index (χ3n) is 5.85. The van der Waals surface area contributed by atoms with Crippen LogP contribution >= 0.6 is 0 Å². The molecule has 7 nitrogen and oxygen atoms in total. The number of hydrogen-bond donors (Lipinski definition) is 2. The first-order chi connectivity index (χ1) is 16.0. The van der Waals surface area contributed by atoms with Crippen molar-refractivity contribution in [2.75, 3.05) is 6.54 Å². The van der Waals surface area contributed by atoms with Gasteiger partial charge in [0.15, 0.2) is 5.78 Å². The minimum absolute atomic E-state index is 0.0808. The fourth-order valence-corrected chi connectivity index (χ4v) is 4.15. The molecule has 0 aliphatic carbocycles. The van der Waals surface area contributed by atoms with Crippen LogP contribution in [0.5, 0.6) is 5.88 Å². The number of allylic oxidation sites excluding steroid dienone is 1. The van der Waals surface area contributed by atoms with Gasteiger partial charge in [-0.25, -0.2) is 4.98 Å². The van der Waals surface area contributed by atoms with Gasteiger partial charge >= 0.3 is 6.36 Å². The van der Waals surface area contributed by atoms with Crippen LogP contribution in [-0.2, 0) is 4.79 Å². The highest BCUT2D eigenvalue weighted by molar-refractivity contribution is 6.02. The van der Waals surface area contributed by atoms with Crippen LogP contribution in [0.4, 0.5) is 13.2 Å². The number of alkyl halides is 3. The van der Waals surface area contributed by atoms with Crippen molar-refractivity contribution >= 4 is 17.4 Å². The number of carbonyl (C=O) groups excluding carboxylic acids is 2. The molecule has 1 aliphatic heterocycles. The molecule has 0 fully saturated rings. The lowest BCUT2D eigenvalue weighted by Crippen LogP contribution is -2.48. The smallest absolute Gasteiger partial charge is 0.402 e. The summed E-state index contributed by atoms with van der Waals surface area (Å²) in [4.78, 5) is 30.7. The van der Waals surface area contributed by atoms with E-state index in [4.69, 9.17) is 11.1 Å². The molecule has 34 heavy (non-hydrogen) atoms. The first-order valence-corrected chi connectivity index (χ1v) is 11.3. The standard InChI is InChI=1S/C24H31F3N4O3/c1-4-7-17(28)22-18(29)12-13-31(19(22)10-8-15(5-2)20(32)6-3)23(33)16-9-11-21(30-14-16)34-24(25,26)27/h6,9,11,14-15,19,28H,3-5,7-8,10,12-13,29H2,1-2H3. The molecule has 1 aromatic rings. The van der Waals surface area contributed by atoms with Crippen LogP contribution in [-0.4, -0.2) is 46.2 Å². The fraction of sp³-hybridized carbons (Fsp3) is 0.500. The molecule has 0 bridgehead atoms. The topological polar surface area (TPSA) is 109 Å². The molecule has 0 spiro atoms. The molecule has 1 aromatic heterocycles. The second-order valence-electron chi connectivity index (χ2n) is 8.15. The number of pyridine rings is 1. The summed E-state index contributed by atoms with van der Waals surface area (Å²) >= 11 is 0. The maximum atomic E-state index is 13.3. The fourth-order valence-electron chi connectivity index (χ4n) is 4.15. The van der Waals surface area contributed by atoms with Crippen molar-refractivity contribution in [1.82, 2.24) is 9.88 Å². The Morgan fingerprint density at radius 3 is 2.62 bits per heavy atom. The van der Waals surface area contributed by atoms with Gasteiger partial charge in [0, 0.05) is 48.1 Å². The Labute approximate surface area is 197 Å². The number of halogens is 3. The van der Waals surface area contributed by atoms with Gasteiger partial charge < -0.3 is 20.8 Å². The number of ketones is 1. The van der Waals surface area contributed by atoms with E-state index in [-0.39, 0.29) is 23.8 Å². The van der Waals surface area contributed by atoms with Crippen molar-refractivity contribution in [1.29, 1.82) is 5.41 Å². The van der Waals surface area contributed by atoms with Crippen LogP contribution in [0.3, 0.4) is 0 Å². The molecule has 1 amide bonds. The molecule has 2 rings (SSSR count). The largest absolute Gasteiger partial charge is 0.574 e. The first kappa shape index (κ1) is 27.1. The number of hydrogen-bond acceptors (Lipinski definition) is 6. The van der Waals surface area contributed by atoms with Gasteiger partial charge in [-0.1, -0.05) is 26.8 Å². The molecule has 186 valence electrons. The van der Waals surface area contributed by atoms with E-state index in [1.807, 2.05) is 13.8 Å².